The molecule has 0 atom stereocenters. The number of likely N-dealkylation sites (tertiary alicyclic amines) is 1. The highest BCUT2D eigenvalue weighted by Crippen LogP contribution is 2.37. The van der Waals surface area contributed by atoms with E-state index < -0.39 is 35.2 Å². The van der Waals surface area contributed by atoms with Gasteiger partial charge < -0.3 is 19.7 Å². The van der Waals surface area contributed by atoms with Gasteiger partial charge in [-0.05, 0) is 36.4 Å². The topological polar surface area (TPSA) is 57.3 Å². The number of rotatable bonds is 6. The Labute approximate surface area is 215 Å². The van der Waals surface area contributed by atoms with Crippen molar-refractivity contribution in [2.75, 3.05) is 58.8 Å². The van der Waals surface area contributed by atoms with Crippen LogP contribution in [-0.2, 0) is 18.9 Å². The van der Waals surface area contributed by atoms with E-state index in [1.54, 1.807) is 14.2 Å². The number of benzene rings is 2. The molecule has 0 saturated carbocycles. The first-order valence-electron chi connectivity index (χ1n) is 11.9. The van der Waals surface area contributed by atoms with Crippen molar-refractivity contribution in [1.29, 1.82) is 0 Å². The number of nitrogens with zero attached hydrogens (tertiary/aromatic N) is 3. The molecule has 0 aromatic heterocycles. The average molecular weight is 547 g/mol. The molecular weight excluding hydrogens is 518 g/mol. The fourth-order valence-corrected chi connectivity index (χ4v) is 4.61. The molecule has 38 heavy (non-hydrogen) atoms. The lowest BCUT2D eigenvalue weighted by Crippen LogP contribution is -2.64. The molecule has 0 bridgehead atoms. The van der Waals surface area contributed by atoms with Crippen molar-refractivity contribution in [3.05, 3.63) is 53.1 Å². The van der Waals surface area contributed by atoms with Gasteiger partial charge in [0.15, 0.2) is 0 Å². The minimum atomic E-state index is -4.98. The fraction of sp³-hybridized carbons (Fsp3) is 0.480. The Morgan fingerprint density at radius 1 is 0.895 bits per heavy atom. The van der Waals surface area contributed by atoms with E-state index in [9.17, 15) is 31.1 Å². The predicted molar refractivity (Wildman–Crippen MR) is 127 cm³/mol. The van der Waals surface area contributed by atoms with Gasteiger partial charge in [0.05, 0.1) is 25.3 Å². The van der Waals surface area contributed by atoms with Crippen LogP contribution >= 0.6 is 0 Å². The van der Waals surface area contributed by atoms with Gasteiger partial charge in [0, 0.05) is 63.1 Å². The minimum Gasteiger partial charge on any atom is -0.497 e. The minimum absolute atomic E-state index is 0.0271. The molecule has 0 spiro atoms. The first-order valence-corrected chi connectivity index (χ1v) is 11.9. The SMILES string of the molecule is COc1ccc(OC)c(CN2CCN(C3CN(C(=O)Nc4cc(C(F)(F)F)cc(C(F)(F)F)c4)C3)CC2)c1. The van der Waals surface area contributed by atoms with Gasteiger partial charge >= 0.3 is 18.4 Å². The number of methoxy groups -OCH3 is 2. The van der Waals surface area contributed by atoms with E-state index in [-0.39, 0.29) is 12.1 Å². The van der Waals surface area contributed by atoms with E-state index in [1.807, 2.05) is 18.2 Å². The Hall–Kier alpha value is -3.19. The summed E-state index contributed by atoms with van der Waals surface area (Å²) in [6.07, 6.45) is -9.97. The van der Waals surface area contributed by atoms with Gasteiger partial charge in [0.2, 0.25) is 0 Å². The Bertz CT molecular complexity index is 1110. The molecule has 2 aliphatic rings. The van der Waals surface area contributed by atoms with Crippen LogP contribution in [0.1, 0.15) is 16.7 Å². The molecule has 208 valence electrons. The van der Waals surface area contributed by atoms with E-state index in [0.29, 0.717) is 31.8 Å². The zero-order valence-corrected chi connectivity index (χ0v) is 20.8. The second-order valence-electron chi connectivity index (χ2n) is 9.27. The maximum atomic E-state index is 13.1. The van der Waals surface area contributed by atoms with E-state index in [4.69, 9.17) is 9.47 Å². The number of anilines is 1. The molecular formula is C25H28F6N4O3. The second-order valence-corrected chi connectivity index (χ2v) is 9.27. The molecule has 2 heterocycles. The van der Waals surface area contributed by atoms with Crippen molar-refractivity contribution in [3.8, 4) is 11.5 Å². The predicted octanol–water partition coefficient (Wildman–Crippen LogP) is 4.78. The largest absolute Gasteiger partial charge is 0.497 e. The third-order valence-electron chi connectivity index (χ3n) is 6.79. The standard InChI is InChI=1S/C25H28F6N4O3/c1-37-21-3-4-22(38-2)16(9-21)13-33-5-7-34(8-6-33)20-14-35(15-20)23(36)32-19-11-17(24(26,27)28)10-18(12-19)25(29,30)31/h3-4,9-12,20H,5-8,13-15H2,1-2H3,(H,32,36). The molecule has 1 N–H and O–H groups in total. The zero-order valence-electron chi connectivity index (χ0n) is 20.8. The van der Waals surface area contributed by atoms with Crippen LogP contribution in [0.5, 0.6) is 11.5 Å². The lowest BCUT2D eigenvalue weighted by Gasteiger charge is -2.48. The van der Waals surface area contributed by atoms with Crippen LogP contribution in [0, 0.1) is 0 Å². The summed E-state index contributed by atoms with van der Waals surface area (Å²) < 4.78 is 89.2. The van der Waals surface area contributed by atoms with Crippen LogP contribution in [0.3, 0.4) is 0 Å². The van der Waals surface area contributed by atoms with Crippen LogP contribution in [0.15, 0.2) is 36.4 Å². The normalized spacial score (nSPS) is 17.7. The highest BCUT2D eigenvalue weighted by molar-refractivity contribution is 5.90. The Kier molecular flexibility index (Phi) is 7.98. The summed E-state index contributed by atoms with van der Waals surface area (Å²) in [7, 11) is 3.22. The number of amides is 2. The Balaban J connectivity index is 1.29. The Morgan fingerprint density at radius 3 is 2.03 bits per heavy atom. The summed E-state index contributed by atoms with van der Waals surface area (Å²) in [5, 5.41) is 2.18. The van der Waals surface area contributed by atoms with Gasteiger partial charge in [-0.3, -0.25) is 9.80 Å². The van der Waals surface area contributed by atoms with Crippen molar-refractivity contribution >= 4 is 11.7 Å². The lowest BCUT2D eigenvalue weighted by atomic mass is 10.1. The number of urea groups is 1. The van der Waals surface area contributed by atoms with Crippen LogP contribution in [0.4, 0.5) is 36.8 Å². The molecule has 0 unspecified atom stereocenters. The summed E-state index contributed by atoms with van der Waals surface area (Å²) in [5.74, 6) is 1.52. The van der Waals surface area contributed by atoms with E-state index >= 15 is 0 Å². The average Bonchev–Trinajstić information content (AvgIpc) is 2.83. The molecule has 2 aromatic rings. The van der Waals surface area contributed by atoms with Crippen molar-refractivity contribution < 1.29 is 40.6 Å². The quantitative estimate of drug-likeness (QED) is 0.529. The van der Waals surface area contributed by atoms with Gasteiger partial charge in [-0.2, -0.15) is 26.3 Å². The van der Waals surface area contributed by atoms with Gasteiger partial charge in [-0.15, -0.1) is 0 Å². The highest BCUT2D eigenvalue weighted by atomic mass is 19.4. The second kappa shape index (κ2) is 10.9. The van der Waals surface area contributed by atoms with Gasteiger partial charge in [0.25, 0.3) is 0 Å². The number of alkyl halides is 6. The molecule has 7 nitrogen and oxygen atoms in total. The maximum absolute atomic E-state index is 13.1. The van der Waals surface area contributed by atoms with Gasteiger partial charge in [0.1, 0.15) is 11.5 Å². The van der Waals surface area contributed by atoms with E-state index in [1.165, 1.54) is 4.90 Å². The van der Waals surface area contributed by atoms with Crippen LogP contribution in [0.25, 0.3) is 0 Å². The van der Waals surface area contributed by atoms with Crippen molar-refractivity contribution in [2.24, 2.45) is 0 Å². The van der Waals surface area contributed by atoms with Crippen LogP contribution in [0.2, 0.25) is 0 Å². The lowest BCUT2D eigenvalue weighted by molar-refractivity contribution is -0.143. The number of hydrogen-bond acceptors (Lipinski definition) is 5. The summed E-state index contributed by atoms with van der Waals surface area (Å²) in [6.45, 7) is 4.44. The summed E-state index contributed by atoms with van der Waals surface area (Å²) >= 11 is 0. The summed E-state index contributed by atoms with van der Waals surface area (Å²) in [4.78, 5) is 18.4. The molecule has 2 fully saturated rings. The molecule has 2 saturated heterocycles. The Morgan fingerprint density at radius 2 is 1.50 bits per heavy atom. The molecule has 0 radical (unpaired) electrons. The number of ether oxygens (including phenoxy) is 2. The number of halogens is 6. The smallest absolute Gasteiger partial charge is 0.416 e. The van der Waals surface area contributed by atoms with Crippen LogP contribution in [-0.4, -0.2) is 80.3 Å². The maximum Gasteiger partial charge on any atom is 0.416 e. The monoisotopic (exact) mass is 546 g/mol. The first kappa shape index (κ1) is 27.8. The third kappa shape index (κ3) is 6.44. The molecule has 2 aromatic carbocycles. The molecule has 4 rings (SSSR count). The number of carbonyl (C=O) groups is 1. The first-order chi connectivity index (χ1) is 17.9. The number of hydrogen-bond donors (Lipinski definition) is 1. The van der Waals surface area contributed by atoms with Crippen molar-refractivity contribution in [2.45, 2.75) is 24.9 Å². The highest BCUT2D eigenvalue weighted by Gasteiger charge is 2.39. The molecule has 2 amide bonds. The summed E-state index contributed by atoms with van der Waals surface area (Å²) in [6, 6.07) is 6.00. The number of carbonyl (C=O) groups excluding carboxylic acids is 1. The zero-order chi connectivity index (χ0) is 27.7. The van der Waals surface area contributed by atoms with E-state index in [2.05, 4.69) is 15.1 Å². The van der Waals surface area contributed by atoms with Gasteiger partial charge in [-0.25, -0.2) is 4.79 Å². The number of piperazine rings is 1. The van der Waals surface area contributed by atoms with Crippen LogP contribution < -0.4 is 14.8 Å². The van der Waals surface area contributed by atoms with Crippen molar-refractivity contribution in [1.82, 2.24) is 14.7 Å². The molecule has 2 aliphatic heterocycles. The molecule has 13 heteroatoms. The van der Waals surface area contributed by atoms with Crippen molar-refractivity contribution in [3.63, 3.8) is 0 Å². The van der Waals surface area contributed by atoms with E-state index in [0.717, 1.165) is 43.2 Å². The third-order valence-corrected chi connectivity index (χ3v) is 6.79. The fourth-order valence-electron chi connectivity index (χ4n) is 4.61. The van der Waals surface area contributed by atoms with Gasteiger partial charge in [-0.1, -0.05) is 0 Å². The summed E-state index contributed by atoms with van der Waals surface area (Å²) in [5.41, 5.74) is -2.50. The number of nitrogens with one attached hydrogen (secondary N) is 1. The molecule has 0 aliphatic carbocycles.